The summed E-state index contributed by atoms with van der Waals surface area (Å²) >= 11 is 0.952. The van der Waals surface area contributed by atoms with Crippen molar-refractivity contribution in [2.24, 2.45) is 0 Å². The Bertz CT molecular complexity index is 712. The fourth-order valence-electron chi connectivity index (χ4n) is 1.52. The Labute approximate surface area is 119 Å². The Kier molecular flexibility index (Phi) is 4.26. The zero-order valence-electron chi connectivity index (χ0n) is 10.5. The zero-order valence-corrected chi connectivity index (χ0v) is 12.1. The molecule has 0 atom stereocenters. The van der Waals surface area contributed by atoms with Crippen LogP contribution in [-0.2, 0) is 16.6 Å². The van der Waals surface area contributed by atoms with E-state index in [1.54, 1.807) is 0 Å². The van der Waals surface area contributed by atoms with E-state index < -0.39 is 15.8 Å². The molecule has 0 amide bonds. The van der Waals surface area contributed by atoms with Gasteiger partial charge in [0.1, 0.15) is 4.21 Å². The first-order valence-electron chi connectivity index (χ1n) is 5.52. The highest BCUT2D eigenvalue weighted by Crippen LogP contribution is 2.26. The third-order valence-electron chi connectivity index (χ3n) is 2.46. The van der Waals surface area contributed by atoms with E-state index in [1.165, 1.54) is 31.4 Å². The minimum absolute atomic E-state index is 0.0339. The largest absolute Gasteiger partial charge is 0.494 e. The van der Waals surface area contributed by atoms with Crippen molar-refractivity contribution in [2.45, 2.75) is 10.8 Å². The van der Waals surface area contributed by atoms with Gasteiger partial charge in [0, 0.05) is 10.9 Å². The number of aliphatic hydroxyl groups is 1. The van der Waals surface area contributed by atoms with Crippen LogP contribution in [0.15, 0.2) is 34.5 Å². The molecule has 0 aliphatic rings. The van der Waals surface area contributed by atoms with Gasteiger partial charge in [0.2, 0.25) is 0 Å². The molecule has 8 heteroatoms. The number of hydrogen-bond acceptors (Lipinski definition) is 5. The number of sulfonamides is 1. The van der Waals surface area contributed by atoms with Crippen LogP contribution in [0, 0.1) is 5.82 Å². The van der Waals surface area contributed by atoms with Gasteiger partial charge in [0.25, 0.3) is 10.0 Å². The predicted octanol–water partition coefficient (Wildman–Crippen LogP) is 2.19. The molecule has 0 aliphatic heterocycles. The van der Waals surface area contributed by atoms with Crippen molar-refractivity contribution in [3.05, 3.63) is 41.0 Å². The molecule has 0 saturated carbocycles. The fourth-order valence-corrected chi connectivity index (χ4v) is 3.79. The number of ether oxygens (including phenoxy) is 1. The summed E-state index contributed by atoms with van der Waals surface area (Å²) in [6.07, 6.45) is 0. The highest BCUT2D eigenvalue weighted by molar-refractivity contribution is 7.94. The number of hydrogen-bond donors (Lipinski definition) is 2. The van der Waals surface area contributed by atoms with Crippen molar-refractivity contribution in [1.29, 1.82) is 0 Å². The third-order valence-corrected chi connectivity index (χ3v) is 5.40. The molecule has 108 valence electrons. The van der Waals surface area contributed by atoms with Crippen molar-refractivity contribution in [1.82, 2.24) is 0 Å². The lowest BCUT2D eigenvalue weighted by Crippen LogP contribution is -2.11. The molecule has 0 fully saturated rings. The van der Waals surface area contributed by atoms with Gasteiger partial charge in [-0.15, -0.1) is 11.3 Å². The van der Waals surface area contributed by atoms with Gasteiger partial charge in [-0.25, -0.2) is 12.8 Å². The molecule has 5 nitrogen and oxygen atoms in total. The van der Waals surface area contributed by atoms with Crippen molar-refractivity contribution in [2.75, 3.05) is 11.8 Å². The van der Waals surface area contributed by atoms with E-state index in [1.807, 2.05) is 0 Å². The van der Waals surface area contributed by atoms with Gasteiger partial charge in [0.05, 0.1) is 19.4 Å². The molecule has 0 spiro atoms. The van der Waals surface area contributed by atoms with Gasteiger partial charge in [-0.3, -0.25) is 4.72 Å². The number of methoxy groups -OCH3 is 1. The highest BCUT2D eigenvalue weighted by atomic mass is 32.2. The molecule has 0 aliphatic carbocycles. The first-order valence-corrected chi connectivity index (χ1v) is 7.82. The summed E-state index contributed by atoms with van der Waals surface area (Å²) in [5.74, 6) is -0.624. The third kappa shape index (κ3) is 3.09. The lowest BCUT2D eigenvalue weighted by Gasteiger charge is -2.08. The lowest BCUT2D eigenvalue weighted by atomic mass is 10.3. The van der Waals surface area contributed by atoms with Gasteiger partial charge in [-0.05, 0) is 24.3 Å². The molecule has 2 N–H and O–H groups in total. The quantitative estimate of drug-likeness (QED) is 0.886. The molecule has 0 unspecified atom stereocenters. The maximum absolute atomic E-state index is 13.5. The van der Waals surface area contributed by atoms with E-state index in [9.17, 15) is 12.8 Å². The summed E-state index contributed by atoms with van der Waals surface area (Å²) in [5, 5.41) is 8.93. The van der Waals surface area contributed by atoms with Gasteiger partial charge in [0.15, 0.2) is 11.6 Å². The molecular formula is C12H12FNO4S2. The van der Waals surface area contributed by atoms with E-state index in [2.05, 4.69) is 4.72 Å². The molecule has 1 heterocycles. The Morgan fingerprint density at radius 1 is 1.35 bits per heavy atom. The summed E-state index contributed by atoms with van der Waals surface area (Å²) in [6, 6.07) is 6.68. The van der Waals surface area contributed by atoms with Crippen LogP contribution in [-0.4, -0.2) is 20.6 Å². The molecule has 20 heavy (non-hydrogen) atoms. The molecular weight excluding hydrogens is 305 g/mol. The molecule has 0 saturated heterocycles. The second-order valence-electron chi connectivity index (χ2n) is 3.83. The van der Waals surface area contributed by atoms with Crippen LogP contribution in [0.3, 0.4) is 0 Å². The highest BCUT2D eigenvalue weighted by Gasteiger charge is 2.17. The van der Waals surface area contributed by atoms with Gasteiger partial charge in [-0.2, -0.15) is 0 Å². The number of benzene rings is 1. The molecule has 1 aromatic carbocycles. The van der Waals surface area contributed by atoms with Crippen molar-refractivity contribution >= 4 is 27.0 Å². The summed E-state index contributed by atoms with van der Waals surface area (Å²) in [6.45, 7) is -0.225. The Morgan fingerprint density at radius 3 is 2.65 bits per heavy atom. The number of rotatable bonds is 5. The van der Waals surface area contributed by atoms with Gasteiger partial charge < -0.3 is 9.84 Å². The average Bonchev–Trinajstić information content (AvgIpc) is 2.88. The normalized spacial score (nSPS) is 11.3. The van der Waals surface area contributed by atoms with Crippen LogP contribution in [0.25, 0.3) is 0 Å². The summed E-state index contributed by atoms with van der Waals surface area (Å²) < 4.78 is 44.7. The predicted molar refractivity (Wildman–Crippen MR) is 74.0 cm³/mol. The first kappa shape index (κ1) is 14.8. The van der Waals surface area contributed by atoms with Crippen LogP contribution >= 0.6 is 11.3 Å². The van der Waals surface area contributed by atoms with E-state index in [-0.39, 0.29) is 22.3 Å². The maximum Gasteiger partial charge on any atom is 0.271 e. The van der Waals surface area contributed by atoms with E-state index in [0.717, 1.165) is 17.4 Å². The Hall–Kier alpha value is -1.64. The van der Waals surface area contributed by atoms with Gasteiger partial charge >= 0.3 is 0 Å². The number of nitrogens with one attached hydrogen (secondary N) is 1. The molecule has 2 rings (SSSR count). The topological polar surface area (TPSA) is 75.6 Å². The smallest absolute Gasteiger partial charge is 0.271 e. The van der Waals surface area contributed by atoms with Crippen LogP contribution in [0.1, 0.15) is 4.88 Å². The lowest BCUT2D eigenvalue weighted by molar-refractivity contribution is 0.285. The van der Waals surface area contributed by atoms with E-state index in [0.29, 0.717) is 4.88 Å². The average molecular weight is 317 g/mol. The maximum atomic E-state index is 13.5. The van der Waals surface area contributed by atoms with E-state index in [4.69, 9.17) is 9.84 Å². The molecule has 0 radical (unpaired) electrons. The summed E-state index contributed by atoms with van der Waals surface area (Å²) in [4.78, 5) is 0.534. The van der Waals surface area contributed by atoms with Crippen molar-refractivity contribution < 1.29 is 22.7 Å². The van der Waals surface area contributed by atoms with Gasteiger partial charge in [-0.1, -0.05) is 0 Å². The zero-order chi connectivity index (χ0) is 14.8. The SMILES string of the molecule is COc1ccc(NS(=O)(=O)c2ccc(CO)s2)cc1F. The second-order valence-corrected chi connectivity index (χ2v) is 6.91. The van der Waals surface area contributed by atoms with Crippen LogP contribution < -0.4 is 9.46 Å². The summed E-state index contributed by atoms with van der Waals surface area (Å²) in [7, 11) is -2.47. The number of aliphatic hydroxyl groups excluding tert-OH is 1. The molecule has 2 aromatic rings. The van der Waals surface area contributed by atoms with Crippen molar-refractivity contribution in [3.63, 3.8) is 0 Å². The van der Waals surface area contributed by atoms with Crippen molar-refractivity contribution in [3.8, 4) is 5.75 Å². The number of thiophene rings is 1. The second kappa shape index (κ2) is 5.78. The van der Waals surface area contributed by atoms with Crippen LogP contribution in [0.4, 0.5) is 10.1 Å². The van der Waals surface area contributed by atoms with Crippen LogP contribution in [0.5, 0.6) is 5.75 Å². The number of anilines is 1. The fraction of sp³-hybridized carbons (Fsp3) is 0.167. The Morgan fingerprint density at radius 2 is 2.10 bits per heavy atom. The van der Waals surface area contributed by atoms with E-state index >= 15 is 0 Å². The number of halogens is 1. The standard InChI is InChI=1S/C12H12FNO4S2/c1-18-11-4-2-8(6-10(11)13)14-20(16,17)12-5-3-9(7-15)19-12/h2-6,14-15H,7H2,1H3. The molecule has 0 bridgehead atoms. The first-order chi connectivity index (χ1) is 9.46. The van der Waals surface area contributed by atoms with Crippen LogP contribution in [0.2, 0.25) is 0 Å². The Balaban J connectivity index is 2.26. The minimum Gasteiger partial charge on any atom is -0.494 e. The summed E-state index contributed by atoms with van der Waals surface area (Å²) in [5.41, 5.74) is 0.0993. The monoisotopic (exact) mass is 317 g/mol. The minimum atomic E-state index is -3.79. The molecule has 1 aromatic heterocycles.